The minimum Gasteiger partial charge on any atom is -0.338 e. The van der Waals surface area contributed by atoms with Crippen molar-refractivity contribution in [3.8, 4) is 0 Å². The van der Waals surface area contributed by atoms with E-state index in [0.717, 1.165) is 19.3 Å². The van der Waals surface area contributed by atoms with E-state index >= 15 is 0 Å². The maximum absolute atomic E-state index is 11.1. The summed E-state index contributed by atoms with van der Waals surface area (Å²) in [5.41, 5.74) is 0. The van der Waals surface area contributed by atoms with Gasteiger partial charge in [-0.15, -0.1) is 0 Å². The highest BCUT2D eigenvalue weighted by atomic mass is 16.2. The van der Waals surface area contributed by atoms with Crippen LogP contribution in [0.1, 0.15) is 40.0 Å². The summed E-state index contributed by atoms with van der Waals surface area (Å²) in [6.07, 6.45) is 3.18. The third kappa shape index (κ3) is 4.99. The first-order chi connectivity index (χ1) is 5.74. The quantitative estimate of drug-likeness (QED) is 0.653. The predicted octanol–water partition coefficient (Wildman–Crippen LogP) is 1.88. The fourth-order valence-corrected chi connectivity index (χ4v) is 1.12. The van der Waals surface area contributed by atoms with Crippen LogP contribution in [-0.4, -0.2) is 18.6 Å². The van der Waals surface area contributed by atoms with Crippen LogP contribution < -0.4 is 10.6 Å². The number of nitrogens with one attached hydrogen (secondary N) is 2. The van der Waals surface area contributed by atoms with E-state index in [1.54, 1.807) is 0 Å². The molecular formula is C9H20N2O. The number of rotatable bonds is 5. The molecule has 0 bridgehead atoms. The minimum atomic E-state index is -0.0437. The summed E-state index contributed by atoms with van der Waals surface area (Å²) >= 11 is 0. The second-order valence-electron chi connectivity index (χ2n) is 2.90. The normalized spacial score (nSPS) is 12.2. The Morgan fingerprint density at radius 2 is 2.00 bits per heavy atom. The van der Waals surface area contributed by atoms with Gasteiger partial charge in [0.2, 0.25) is 0 Å². The van der Waals surface area contributed by atoms with Crippen LogP contribution in [0.2, 0.25) is 0 Å². The number of hydrogen-bond acceptors (Lipinski definition) is 1. The van der Waals surface area contributed by atoms with Gasteiger partial charge in [0.15, 0.2) is 0 Å². The Morgan fingerprint density at radius 1 is 1.33 bits per heavy atom. The van der Waals surface area contributed by atoms with Crippen molar-refractivity contribution < 1.29 is 4.79 Å². The zero-order valence-corrected chi connectivity index (χ0v) is 8.31. The fraction of sp³-hybridized carbons (Fsp3) is 0.889. The molecule has 12 heavy (non-hydrogen) atoms. The predicted molar refractivity (Wildman–Crippen MR) is 51.2 cm³/mol. The van der Waals surface area contributed by atoms with Gasteiger partial charge in [-0.3, -0.25) is 0 Å². The van der Waals surface area contributed by atoms with E-state index in [-0.39, 0.29) is 6.03 Å². The van der Waals surface area contributed by atoms with E-state index in [1.165, 1.54) is 0 Å². The Hall–Kier alpha value is -0.730. The molecule has 0 spiro atoms. The average molecular weight is 172 g/mol. The molecule has 72 valence electrons. The van der Waals surface area contributed by atoms with Gasteiger partial charge in [-0.05, 0) is 19.8 Å². The molecule has 1 atom stereocenters. The lowest BCUT2D eigenvalue weighted by Gasteiger charge is -2.15. The Morgan fingerprint density at radius 3 is 2.42 bits per heavy atom. The third-order valence-electron chi connectivity index (χ3n) is 1.80. The Balaban J connectivity index is 3.61. The Kier molecular flexibility index (Phi) is 6.53. The van der Waals surface area contributed by atoms with Crippen molar-refractivity contribution in [2.45, 2.75) is 46.1 Å². The van der Waals surface area contributed by atoms with Crippen LogP contribution in [0, 0.1) is 0 Å². The maximum Gasteiger partial charge on any atom is 0.314 e. The number of carbonyl (C=O) groups excluding carboxylic acids is 1. The molecule has 2 N–H and O–H groups in total. The van der Waals surface area contributed by atoms with Crippen molar-refractivity contribution >= 4 is 6.03 Å². The molecule has 2 amide bonds. The fourth-order valence-electron chi connectivity index (χ4n) is 1.12. The highest BCUT2D eigenvalue weighted by molar-refractivity contribution is 5.74. The third-order valence-corrected chi connectivity index (χ3v) is 1.80. The molecule has 0 fully saturated rings. The summed E-state index contributed by atoms with van der Waals surface area (Å²) in [5, 5.41) is 5.64. The van der Waals surface area contributed by atoms with Crippen LogP contribution in [0.3, 0.4) is 0 Å². The highest BCUT2D eigenvalue weighted by Crippen LogP contribution is 1.99. The minimum absolute atomic E-state index is 0.0437. The molecule has 3 heteroatoms. The van der Waals surface area contributed by atoms with Gasteiger partial charge >= 0.3 is 6.03 Å². The zero-order valence-electron chi connectivity index (χ0n) is 8.31. The van der Waals surface area contributed by atoms with Gasteiger partial charge < -0.3 is 10.6 Å². The van der Waals surface area contributed by atoms with E-state index < -0.39 is 0 Å². The summed E-state index contributed by atoms with van der Waals surface area (Å²) in [5.74, 6) is 0. The molecule has 0 aromatic carbocycles. The van der Waals surface area contributed by atoms with Crippen molar-refractivity contribution in [3.05, 3.63) is 0 Å². The summed E-state index contributed by atoms with van der Waals surface area (Å²) in [7, 11) is 0. The van der Waals surface area contributed by atoms with Gasteiger partial charge in [-0.1, -0.05) is 20.3 Å². The lowest BCUT2D eigenvalue weighted by atomic mass is 10.1. The SMILES string of the molecule is CCCC(CC)NC(=O)NCC. The van der Waals surface area contributed by atoms with Crippen LogP contribution >= 0.6 is 0 Å². The molecule has 0 aliphatic rings. The average Bonchev–Trinajstić information content (AvgIpc) is 2.04. The standard InChI is InChI=1S/C9H20N2O/c1-4-7-8(5-2)11-9(12)10-6-3/h8H,4-7H2,1-3H3,(H2,10,11,12). The highest BCUT2D eigenvalue weighted by Gasteiger charge is 2.07. The zero-order chi connectivity index (χ0) is 9.40. The van der Waals surface area contributed by atoms with Crippen molar-refractivity contribution in [2.75, 3.05) is 6.54 Å². The number of urea groups is 1. The summed E-state index contributed by atoms with van der Waals surface area (Å²) in [6.45, 7) is 6.82. The molecular weight excluding hydrogens is 152 g/mol. The summed E-state index contributed by atoms with van der Waals surface area (Å²) in [4.78, 5) is 11.1. The number of hydrogen-bond donors (Lipinski definition) is 2. The lowest BCUT2D eigenvalue weighted by Crippen LogP contribution is -2.41. The van der Waals surface area contributed by atoms with E-state index in [9.17, 15) is 4.79 Å². The second-order valence-corrected chi connectivity index (χ2v) is 2.90. The van der Waals surface area contributed by atoms with Crippen molar-refractivity contribution in [1.82, 2.24) is 10.6 Å². The van der Waals surface area contributed by atoms with Gasteiger partial charge in [-0.2, -0.15) is 0 Å². The maximum atomic E-state index is 11.1. The lowest BCUT2D eigenvalue weighted by molar-refractivity contribution is 0.236. The van der Waals surface area contributed by atoms with Gasteiger partial charge in [0.25, 0.3) is 0 Å². The van der Waals surface area contributed by atoms with Crippen molar-refractivity contribution in [3.63, 3.8) is 0 Å². The first kappa shape index (κ1) is 11.3. The largest absolute Gasteiger partial charge is 0.338 e. The van der Waals surface area contributed by atoms with Crippen LogP contribution in [-0.2, 0) is 0 Å². The second kappa shape index (κ2) is 6.95. The van der Waals surface area contributed by atoms with Crippen LogP contribution in [0.4, 0.5) is 4.79 Å². The summed E-state index contributed by atoms with van der Waals surface area (Å²) in [6, 6.07) is 0.291. The molecule has 0 saturated heterocycles. The van der Waals surface area contributed by atoms with Crippen LogP contribution in [0.25, 0.3) is 0 Å². The molecule has 0 radical (unpaired) electrons. The molecule has 0 rings (SSSR count). The molecule has 3 nitrogen and oxygen atoms in total. The van der Waals surface area contributed by atoms with Crippen molar-refractivity contribution in [1.29, 1.82) is 0 Å². The van der Waals surface area contributed by atoms with Gasteiger partial charge in [0, 0.05) is 12.6 Å². The van der Waals surface area contributed by atoms with E-state index in [0.29, 0.717) is 12.6 Å². The monoisotopic (exact) mass is 172 g/mol. The van der Waals surface area contributed by atoms with Crippen molar-refractivity contribution in [2.24, 2.45) is 0 Å². The summed E-state index contributed by atoms with van der Waals surface area (Å²) < 4.78 is 0. The van der Waals surface area contributed by atoms with Crippen LogP contribution in [0.15, 0.2) is 0 Å². The molecule has 0 heterocycles. The first-order valence-electron chi connectivity index (χ1n) is 4.78. The molecule has 0 aliphatic heterocycles. The number of amides is 2. The van der Waals surface area contributed by atoms with Gasteiger partial charge in [0.1, 0.15) is 0 Å². The topological polar surface area (TPSA) is 41.1 Å². The molecule has 1 unspecified atom stereocenters. The first-order valence-corrected chi connectivity index (χ1v) is 4.78. The van der Waals surface area contributed by atoms with Gasteiger partial charge in [-0.25, -0.2) is 4.79 Å². The Bertz CT molecular complexity index is 126. The molecule has 0 aromatic heterocycles. The molecule has 0 saturated carbocycles. The van der Waals surface area contributed by atoms with Gasteiger partial charge in [0.05, 0.1) is 0 Å². The Labute approximate surface area is 74.9 Å². The molecule has 0 aromatic rings. The van der Waals surface area contributed by atoms with Crippen LogP contribution in [0.5, 0.6) is 0 Å². The molecule has 0 aliphatic carbocycles. The van der Waals surface area contributed by atoms with E-state index in [1.807, 2.05) is 6.92 Å². The number of carbonyl (C=O) groups is 1. The van der Waals surface area contributed by atoms with E-state index in [4.69, 9.17) is 0 Å². The smallest absolute Gasteiger partial charge is 0.314 e. The van der Waals surface area contributed by atoms with E-state index in [2.05, 4.69) is 24.5 Å².